The van der Waals surface area contributed by atoms with Crippen molar-refractivity contribution < 1.29 is 28.5 Å². The van der Waals surface area contributed by atoms with E-state index in [-0.39, 0.29) is 24.9 Å². The summed E-state index contributed by atoms with van der Waals surface area (Å²) in [5.74, 6) is -0.201. The summed E-state index contributed by atoms with van der Waals surface area (Å²) in [7, 11) is 0. The van der Waals surface area contributed by atoms with E-state index in [1.54, 1.807) is 51.1 Å². The molecular weight excluding hydrogens is 447 g/mol. The maximum absolute atomic E-state index is 15.0. The zero-order chi connectivity index (χ0) is 26.1. The highest BCUT2D eigenvalue weighted by atomic mass is 19.1. The number of benzene rings is 2. The minimum atomic E-state index is -1.10. The zero-order valence-corrected chi connectivity index (χ0v) is 20.6. The van der Waals surface area contributed by atoms with Crippen LogP contribution in [0.4, 0.5) is 4.39 Å². The summed E-state index contributed by atoms with van der Waals surface area (Å²) in [5, 5.41) is 9.77. The van der Waals surface area contributed by atoms with Gasteiger partial charge in [-0.15, -0.1) is 0 Å². The van der Waals surface area contributed by atoms with Crippen molar-refractivity contribution in [2.45, 2.75) is 33.5 Å². The van der Waals surface area contributed by atoms with Crippen LogP contribution in [0, 0.1) is 11.7 Å². The Morgan fingerprint density at radius 3 is 2.11 bits per heavy atom. The Morgan fingerprint density at radius 1 is 0.943 bits per heavy atom. The molecule has 0 aliphatic rings. The summed E-state index contributed by atoms with van der Waals surface area (Å²) in [6.07, 6.45) is -0.675. The molecule has 0 spiro atoms. The van der Waals surface area contributed by atoms with Crippen LogP contribution in [-0.2, 0) is 20.7 Å². The lowest BCUT2D eigenvalue weighted by Crippen LogP contribution is -2.21. The molecule has 0 saturated carbocycles. The molecule has 2 atom stereocenters. The van der Waals surface area contributed by atoms with Gasteiger partial charge < -0.3 is 19.3 Å². The molecular formula is C29H33FO5. The predicted octanol–water partition coefficient (Wildman–Crippen LogP) is 6.15. The maximum atomic E-state index is 15.0. The van der Waals surface area contributed by atoms with Gasteiger partial charge >= 0.3 is 5.97 Å². The SMILES string of the molecule is C=C(C)C(=C)OCC(COC(=O)C(=C)C)Cc1ccc(-c2ccc(OC(O)C(=C)C)cc2)c(F)c1. The molecule has 2 unspecified atom stereocenters. The van der Waals surface area contributed by atoms with Crippen LogP contribution in [0.1, 0.15) is 26.3 Å². The molecule has 0 bridgehead atoms. The highest BCUT2D eigenvalue weighted by Crippen LogP contribution is 2.27. The lowest BCUT2D eigenvalue weighted by atomic mass is 9.97. The number of rotatable bonds is 13. The van der Waals surface area contributed by atoms with Crippen LogP contribution in [-0.4, -0.2) is 30.6 Å². The third-order valence-corrected chi connectivity index (χ3v) is 5.16. The Hall–Kier alpha value is -3.64. The number of hydrogen-bond donors (Lipinski definition) is 1. The van der Waals surface area contributed by atoms with E-state index in [9.17, 15) is 9.90 Å². The van der Waals surface area contributed by atoms with E-state index in [2.05, 4.69) is 26.3 Å². The smallest absolute Gasteiger partial charge is 0.333 e. The van der Waals surface area contributed by atoms with Crippen LogP contribution in [0.5, 0.6) is 5.75 Å². The number of esters is 1. The van der Waals surface area contributed by atoms with Gasteiger partial charge in [0.15, 0.2) is 0 Å². The third-order valence-electron chi connectivity index (χ3n) is 5.16. The van der Waals surface area contributed by atoms with Gasteiger partial charge in [0.05, 0.1) is 13.2 Å². The molecule has 0 radical (unpaired) electrons. The first-order valence-corrected chi connectivity index (χ1v) is 11.2. The summed E-state index contributed by atoms with van der Waals surface area (Å²) in [5.41, 5.74) is 3.31. The van der Waals surface area contributed by atoms with Crippen molar-refractivity contribution in [1.29, 1.82) is 0 Å². The molecule has 2 aromatic carbocycles. The normalized spacial score (nSPS) is 12.3. The van der Waals surface area contributed by atoms with E-state index in [1.807, 2.05) is 6.07 Å². The Kier molecular flexibility index (Phi) is 10.0. The van der Waals surface area contributed by atoms with Crippen LogP contribution in [0.15, 0.2) is 91.3 Å². The third kappa shape index (κ3) is 8.58. The van der Waals surface area contributed by atoms with Crippen molar-refractivity contribution in [2.75, 3.05) is 13.2 Å². The minimum absolute atomic E-state index is 0.0933. The zero-order valence-electron chi connectivity index (χ0n) is 20.6. The molecule has 0 amide bonds. The minimum Gasteiger partial charge on any atom is -0.494 e. The molecule has 1 N–H and O–H groups in total. The van der Waals surface area contributed by atoms with Crippen molar-refractivity contribution in [2.24, 2.45) is 5.92 Å². The lowest BCUT2D eigenvalue weighted by Gasteiger charge is -2.19. The van der Waals surface area contributed by atoms with Gasteiger partial charge in [-0.25, -0.2) is 9.18 Å². The van der Waals surface area contributed by atoms with Crippen LogP contribution in [0.25, 0.3) is 11.1 Å². The number of aliphatic hydroxyl groups is 1. The molecule has 35 heavy (non-hydrogen) atoms. The fourth-order valence-corrected chi connectivity index (χ4v) is 3.02. The van der Waals surface area contributed by atoms with Gasteiger partial charge in [-0.05, 0) is 67.7 Å². The van der Waals surface area contributed by atoms with Crippen molar-refractivity contribution in [3.63, 3.8) is 0 Å². The molecule has 0 fully saturated rings. The summed E-state index contributed by atoms with van der Waals surface area (Å²) in [6.45, 7) is 20.2. The monoisotopic (exact) mass is 480 g/mol. The standard InChI is InChI=1S/C29H33FO5/c1-18(2)21(7)33-16-23(17-34-28(31)19(3)4)14-22-8-13-26(27(30)15-22)24-9-11-25(12-10-24)35-29(32)20(5)6/h8-13,15,23,29,32H,1,3,5,7,14,16-17H2,2,4,6H3. The van der Waals surface area contributed by atoms with Crippen molar-refractivity contribution in [3.8, 4) is 16.9 Å². The number of carbonyl (C=O) groups excluding carboxylic acids is 1. The largest absolute Gasteiger partial charge is 0.494 e. The van der Waals surface area contributed by atoms with E-state index in [0.717, 1.165) is 5.56 Å². The van der Waals surface area contributed by atoms with Gasteiger partial charge in [-0.2, -0.15) is 0 Å². The number of carbonyl (C=O) groups is 1. The van der Waals surface area contributed by atoms with E-state index >= 15 is 4.39 Å². The Morgan fingerprint density at radius 2 is 1.57 bits per heavy atom. The fourth-order valence-electron chi connectivity index (χ4n) is 3.02. The van der Waals surface area contributed by atoms with Gasteiger partial charge in [0.1, 0.15) is 17.3 Å². The fraction of sp³-hybridized carbons (Fsp3) is 0.276. The Balaban J connectivity index is 2.13. The molecule has 0 aliphatic carbocycles. The van der Waals surface area contributed by atoms with E-state index in [1.165, 1.54) is 6.07 Å². The average Bonchev–Trinajstić information content (AvgIpc) is 2.80. The number of halogens is 1. The van der Waals surface area contributed by atoms with Gasteiger partial charge in [0.2, 0.25) is 6.29 Å². The van der Waals surface area contributed by atoms with Crippen LogP contribution >= 0.6 is 0 Å². The van der Waals surface area contributed by atoms with Gasteiger partial charge in [0, 0.05) is 17.1 Å². The molecule has 0 saturated heterocycles. The van der Waals surface area contributed by atoms with Crippen LogP contribution in [0.2, 0.25) is 0 Å². The summed E-state index contributed by atoms with van der Waals surface area (Å²) < 4.78 is 31.4. The molecule has 0 heterocycles. The van der Waals surface area contributed by atoms with Crippen LogP contribution < -0.4 is 4.74 Å². The molecule has 6 heteroatoms. The number of ether oxygens (including phenoxy) is 3. The first kappa shape index (κ1) is 27.6. The van der Waals surface area contributed by atoms with Crippen molar-refractivity contribution in [3.05, 3.63) is 103 Å². The molecule has 5 nitrogen and oxygen atoms in total. The first-order chi connectivity index (χ1) is 16.5. The van der Waals surface area contributed by atoms with Crippen molar-refractivity contribution >= 4 is 5.97 Å². The first-order valence-electron chi connectivity index (χ1n) is 11.2. The summed E-state index contributed by atoms with van der Waals surface area (Å²) in [4.78, 5) is 11.8. The second-order valence-corrected chi connectivity index (χ2v) is 8.62. The Labute approximate surface area is 206 Å². The Bertz CT molecular complexity index is 1070. The molecule has 2 rings (SSSR count). The van der Waals surface area contributed by atoms with Crippen LogP contribution in [0.3, 0.4) is 0 Å². The second kappa shape index (κ2) is 12.7. The molecule has 0 aromatic heterocycles. The molecule has 0 aliphatic heterocycles. The van der Waals surface area contributed by atoms with Gasteiger partial charge in [-0.1, -0.05) is 50.6 Å². The average molecular weight is 481 g/mol. The van der Waals surface area contributed by atoms with Crippen molar-refractivity contribution in [1.82, 2.24) is 0 Å². The quantitative estimate of drug-likeness (QED) is 0.0930. The van der Waals surface area contributed by atoms with E-state index in [4.69, 9.17) is 14.2 Å². The topological polar surface area (TPSA) is 65.0 Å². The highest BCUT2D eigenvalue weighted by molar-refractivity contribution is 5.86. The molecule has 2 aromatic rings. The lowest BCUT2D eigenvalue weighted by molar-refractivity contribution is -0.140. The van der Waals surface area contributed by atoms with E-state index in [0.29, 0.717) is 45.8 Å². The summed E-state index contributed by atoms with van der Waals surface area (Å²) >= 11 is 0. The van der Waals surface area contributed by atoms with E-state index < -0.39 is 12.3 Å². The molecule has 186 valence electrons. The number of hydrogen-bond acceptors (Lipinski definition) is 5. The summed E-state index contributed by atoms with van der Waals surface area (Å²) in [6, 6.07) is 11.7. The number of allylic oxidation sites excluding steroid dienone is 1. The maximum Gasteiger partial charge on any atom is 0.333 e. The van der Waals surface area contributed by atoms with Gasteiger partial charge in [-0.3, -0.25) is 0 Å². The van der Waals surface area contributed by atoms with Gasteiger partial charge in [0.25, 0.3) is 0 Å². The highest BCUT2D eigenvalue weighted by Gasteiger charge is 2.17. The predicted molar refractivity (Wildman–Crippen MR) is 136 cm³/mol. The number of aliphatic hydroxyl groups excluding tert-OH is 1. The second-order valence-electron chi connectivity index (χ2n) is 8.62.